The van der Waals surface area contributed by atoms with Crippen molar-refractivity contribution < 1.29 is 24.2 Å². The second-order valence-corrected chi connectivity index (χ2v) is 9.00. The Kier molecular flexibility index (Phi) is 7.52. The van der Waals surface area contributed by atoms with Gasteiger partial charge in [-0.05, 0) is 11.8 Å². The lowest BCUT2D eigenvalue weighted by molar-refractivity contribution is -0.170. The first-order chi connectivity index (χ1) is 15.6. The van der Waals surface area contributed by atoms with Crippen molar-refractivity contribution >= 4 is 28.8 Å². The number of ether oxygens (including phenoxy) is 2. The van der Waals surface area contributed by atoms with Crippen molar-refractivity contribution in [2.75, 3.05) is 12.3 Å². The van der Waals surface area contributed by atoms with E-state index in [1.165, 1.54) is 6.33 Å². The first-order valence-electron chi connectivity index (χ1n) is 10.9. The molecule has 0 unspecified atom stereocenters. The third-order valence-electron chi connectivity index (χ3n) is 5.98. The Bertz CT molecular complexity index is 995. The summed E-state index contributed by atoms with van der Waals surface area (Å²) in [6, 6.07) is -3.16. The molecule has 0 aromatic carbocycles. The van der Waals surface area contributed by atoms with Gasteiger partial charge in [0.1, 0.15) is 23.9 Å². The molecule has 0 spiro atoms. The number of nitrogens with one attached hydrogen (secondary N) is 2. The molecule has 1 fully saturated rings. The van der Waals surface area contributed by atoms with Gasteiger partial charge in [0.25, 0.3) is 0 Å². The van der Waals surface area contributed by atoms with Crippen LogP contribution in [0.25, 0.3) is 11.0 Å². The zero-order valence-corrected chi connectivity index (χ0v) is 19.2. The van der Waals surface area contributed by atoms with E-state index in [1.54, 1.807) is 33.9 Å². The number of hydrogen-bond donors (Lipinski definition) is 6. The van der Waals surface area contributed by atoms with E-state index in [1.807, 2.05) is 0 Å². The number of esters is 2. The molecule has 2 aromatic rings. The topological polar surface area (TPSA) is 204 Å². The molecule has 1 aliphatic rings. The predicted octanol–water partition coefficient (Wildman–Crippen LogP) is -0.664. The number of hydrogen-bond acceptors (Lipinski definition) is 11. The number of aliphatic hydroxyl groups excluding tert-OH is 1. The molecule has 6 atom stereocenters. The molecule has 9 N–H and O–H groups in total. The SMILES string of the molecule is CC(C)[C@H](N)C(=O)O[C@@H]1[C@H](OC(=O)[C@@H](N)C(C)C)[C@@H](CO)N[C@H]1c1c[nH]c2c(N)ncnc12. The van der Waals surface area contributed by atoms with Gasteiger partial charge in [0.2, 0.25) is 0 Å². The molecule has 33 heavy (non-hydrogen) atoms. The van der Waals surface area contributed by atoms with Crippen LogP contribution in [-0.2, 0) is 19.1 Å². The normalized spacial score (nSPS) is 24.9. The van der Waals surface area contributed by atoms with Gasteiger partial charge in [0.15, 0.2) is 18.0 Å². The number of aromatic amines is 1. The minimum atomic E-state index is -1.01. The molecule has 0 aliphatic carbocycles. The molecule has 12 nitrogen and oxygen atoms in total. The van der Waals surface area contributed by atoms with Gasteiger partial charge in [-0.25, -0.2) is 9.97 Å². The molecular formula is C21H33N7O5. The number of aliphatic hydroxyl groups is 1. The quantitative estimate of drug-likeness (QED) is 0.271. The van der Waals surface area contributed by atoms with Crippen molar-refractivity contribution in [2.45, 2.75) is 64.1 Å². The van der Waals surface area contributed by atoms with Gasteiger partial charge in [0, 0.05) is 11.8 Å². The fourth-order valence-corrected chi connectivity index (χ4v) is 3.73. The number of carbonyl (C=O) groups excluding carboxylic acids is 2. The number of nitrogen functional groups attached to an aromatic ring is 1. The van der Waals surface area contributed by atoms with Crippen molar-refractivity contribution in [1.29, 1.82) is 0 Å². The Labute approximate surface area is 191 Å². The minimum absolute atomic E-state index is 0.168. The highest BCUT2D eigenvalue weighted by Crippen LogP contribution is 2.36. The van der Waals surface area contributed by atoms with Crippen LogP contribution in [0, 0.1) is 11.8 Å². The van der Waals surface area contributed by atoms with Crippen molar-refractivity contribution in [3.63, 3.8) is 0 Å². The summed E-state index contributed by atoms with van der Waals surface area (Å²) in [5.74, 6) is -1.39. The van der Waals surface area contributed by atoms with Crippen LogP contribution >= 0.6 is 0 Å². The van der Waals surface area contributed by atoms with Gasteiger partial charge >= 0.3 is 11.9 Å². The van der Waals surface area contributed by atoms with Gasteiger partial charge in [-0.15, -0.1) is 0 Å². The summed E-state index contributed by atoms with van der Waals surface area (Å²) in [6.45, 7) is 6.80. The number of aromatic nitrogens is 3. The number of anilines is 1. The molecule has 0 saturated carbocycles. The van der Waals surface area contributed by atoms with Crippen LogP contribution in [0.5, 0.6) is 0 Å². The molecule has 0 bridgehead atoms. The van der Waals surface area contributed by atoms with E-state index in [4.69, 9.17) is 26.7 Å². The van der Waals surface area contributed by atoms with Crippen LogP contribution in [0.2, 0.25) is 0 Å². The third kappa shape index (κ3) is 4.93. The predicted molar refractivity (Wildman–Crippen MR) is 120 cm³/mol. The Hall–Kier alpha value is -2.80. The van der Waals surface area contributed by atoms with E-state index in [0.717, 1.165) is 0 Å². The van der Waals surface area contributed by atoms with Gasteiger partial charge in [0.05, 0.1) is 24.2 Å². The number of nitrogens with zero attached hydrogens (tertiary/aromatic N) is 2. The first kappa shape index (κ1) is 24.8. The molecule has 1 aliphatic heterocycles. The van der Waals surface area contributed by atoms with Crippen LogP contribution in [0.15, 0.2) is 12.5 Å². The van der Waals surface area contributed by atoms with Crippen LogP contribution < -0.4 is 22.5 Å². The molecule has 182 valence electrons. The summed E-state index contributed by atoms with van der Waals surface area (Å²) >= 11 is 0. The van der Waals surface area contributed by atoms with E-state index in [9.17, 15) is 14.7 Å². The lowest BCUT2D eigenvalue weighted by Crippen LogP contribution is -2.47. The Morgan fingerprint density at radius 2 is 1.64 bits per heavy atom. The summed E-state index contributed by atoms with van der Waals surface area (Å²) < 4.78 is 11.5. The van der Waals surface area contributed by atoms with E-state index >= 15 is 0 Å². The standard InChI is InChI=1S/C21H33N7O5/c1-8(2)12(22)20(30)32-17-11(6-29)28-15(18(17)33-21(31)13(23)9(3)4)10-5-25-16-14(10)26-7-27-19(16)24/h5,7-9,11-13,15,17-18,25,28-29H,6,22-23H2,1-4H3,(H2,24,26,27)/t11-,12+,13+,15+,17-,18+/m1/s1. The van der Waals surface area contributed by atoms with Gasteiger partial charge in [-0.2, -0.15) is 0 Å². The Morgan fingerprint density at radius 3 is 2.18 bits per heavy atom. The van der Waals surface area contributed by atoms with Gasteiger partial charge < -0.3 is 36.8 Å². The number of carbonyl (C=O) groups is 2. The smallest absolute Gasteiger partial charge is 0.323 e. The Morgan fingerprint density at radius 1 is 1.06 bits per heavy atom. The fraction of sp³-hybridized carbons (Fsp3) is 0.619. The van der Waals surface area contributed by atoms with E-state index < -0.39 is 48.3 Å². The van der Waals surface area contributed by atoms with E-state index in [2.05, 4.69) is 20.3 Å². The van der Waals surface area contributed by atoms with Crippen LogP contribution in [0.4, 0.5) is 5.82 Å². The molecule has 0 amide bonds. The van der Waals surface area contributed by atoms with Crippen molar-refractivity contribution in [2.24, 2.45) is 23.3 Å². The molecule has 1 saturated heterocycles. The van der Waals surface area contributed by atoms with Crippen LogP contribution in [0.3, 0.4) is 0 Å². The van der Waals surface area contributed by atoms with Crippen LogP contribution in [0.1, 0.15) is 39.3 Å². The van der Waals surface area contributed by atoms with E-state index in [-0.39, 0.29) is 24.3 Å². The summed E-state index contributed by atoms with van der Waals surface area (Å²) in [7, 11) is 0. The number of H-pyrrole nitrogens is 1. The molecule has 12 heteroatoms. The van der Waals surface area contributed by atoms with Crippen molar-refractivity contribution in [3.8, 4) is 0 Å². The maximum Gasteiger partial charge on any atom is 0.323 e. The van der Waals surface area contributed by atoms with Crippen molar-refractivity contribution in [3.05, 3.63) is 18.1 Å². The average Bonchev–Trinajstić information content (AvgIpc) is 3.34. The number of nitrogens with two attached hydrogens (primary N) is 3. The fourth-order valence-electron chi connectivity index (χ4n) is 3.73. The molecule has 3 heterocycles. The summed E-state index contributed by atoms with van der Waals surface area (Å²) in [6.07, 6.45) is 0.972. The zero-order valence-electron chi connectivity index (χ0n) is 19.2. The van der Waals surface area contributed by atoms with E-state index in [0.29, 0.717) is 16.6 Å². The average molecular weight is 464 g/mol. The third-order valence-corrected chi connectivity index (χ3v) is 5.98. The summed E-state index contributed by atoms with van der Waals surface area (Å²) in [5, 5.41) is 13.2. The molecule has 3 rings (SSSR count). The summed E-state index contributed by atoms with van der Waals surface area (Å²) in [4.78, 5) is 36.7. The summed E-state index contributed by atoms with van der Waals surface area (Å²) in [5.41, 5.74) is 19.5. The van der Waals surface area contributed by atoms with Gasteiger partial charge in [-0.3, -0.25) is 14.9 Å². The number of rotatable bonds is 8. The minimum Gasteiger partial charge on any atom is -0.455 e. The van der Waals surface area contributed by atoms with Crippen molar-refractivity contribution in [1.82, 2.24) is 20.3 Å². The lowest BCUT2D eigenvalue weighted by atomic mass is 10.0. The zero-order chi connectivity index (χ0) is 24.4. The highest BCUT2D eigenvalue weighted by Gasteiger charge is 2.50. The highest BCUT2D eigenvalue weighted by atomic mass is 16.6. The maximum atomic E-state index is 12.8. The first-order valence-corrected chi connectivity index (χ1v) is 10.9. The second-order valence-electron chi connectivity index (χ2n) is 9.00. The van der Waals surface area contributed by atoms with Crippen LogP contribution in [-0.4, -0.2) is 68.9 Å². The largest absolute Gasteiger partial charge is 0.455 e. The number of fused-ring (bicyclic) bond motifs is 1. The monoisotopic (exact) mass is 463 g/mol. The maximum absolute atomic E-state index is 12.8. The second kappa shape index (κ2) is 10.00. The highest BCUT2D eigenvalue weighted by molar-refractivity contribution is 5.87. The van der Waals surface area contributed by atoms with Gasteiger partial charge in [-0.1, -0.05) is 27.7 Å². The molecule has 2 aromatic heterocycles. The molecule has 0 radical (unpaired) electrons. The Balaban J connectivity index is 2.00. The lowest BCUT2D eigenvalue weighted by Gasteiger charge is -2.28. The molecular weight excluding hydrogens is 430 g/mol.